The van der Waals surface area contributed by atoms with Crippen molar-refractivity contribution in [2.75, 3.05) is 0 Å². The fourth-order valence-corrected chi connectivity index (χ4v) is 8.44. The average molecular weight is 698 g/mol. The topological polar surface area (TPSA) is 69.6 Å². The summed E-state index contributed by atoms with van der Waals surface area (Å²) >= 11 is 1.67. The zero-order valence-corrected chi connectivity index (χ0v) is 29.0. The van der Waals surface area contributed by atoms with Crippen molar-refractivity contribution in [3.05, 3.63) is 164 Å². The van der Waals surface area contributed by atoms with Gasteiger partial charge in [0, 0.05) is 27.1 Å². The van der Waals surface area contributed by atoms with Gasteiger partial charge < -0.3 is 4.42 Å². The first-order valence-corrected chi connectivity index (χ1v) is 18.3. The number of fused-ring (bicyclic) bond motifs is 7. The van der Waals surface area contributed by atoms with E-state index in [2.05, 4.69) is 102 Å². The quantitative estimate of drug-likeness (QED) is 0.179. The van der Waals surface area contributed by atoms with Crippen molar-refractivity contribution in [3.8, 4) is 50.4 Å². The van der Waals surface area contributed by atoms with Crippen LogP contribution in [-0.4, -0.2) is 24.5 Å². The average Bonchev–Trinajstić information content (AvgIpc) is 3.93. The normalized spacial score (nSPS) is 11.8. The predicted octanol–water partition coefficient (Wildman–Crippen LogP) is 12.1. The molecule has 0 bridgehead atoms. The number of thiazole rings is 1. The van der Waals surface area contributed by atoms with Crippen molar-refractivity contribution >= 4 is 65.3 Å². The molecular formula is C46H27N5OS. The molecule has 0 radical (unpaired) electrons. The van der Waals surface area contributed by atoms with Crippen LogP contribution >= 0.6 is 11.3 Å². The molecule has 0 aliphatic rings. The maximum absolute atomic E-state index is 6.85. The fraction of sp³-hybridized carbons (Fsp3) is 0. The highest BCUT2D eigenvalue weighted by atomic mass is 32.1. The largest absolute Gasteiger partial charge is 0.455 e. The predicted molar refractivity (Wildman–Crippen MR) is 216 cm³/mol. The number of rotatable bonds is 5. The lowest BCUT2D eigenvalue weighted by Crippen LogP contribution is -2.06. The van der Waals surface area contributed by atoms with Crippen LogP contribution in [0.2, 0.25) is 0 Å². The molecule has 0 spiro atoms. The number of hydrogen-bond acceptors (Lipinski definition) is 6. The number of aromatic nitrogens is 5. The van der Waals surface area contributed by atoms with Crippen LogP contribution in [-0.2, 0) is 0 Å². The molecule has 7 heteroatoms. The lowest BCUT2D eigenvalue weighted by Gasteiger charge is -2.11. The van der Waals surface area contributed by atoms with Crippen LogP contribution in [0.25, 0.3) is 104 Å². The van der Waals surface area contributed by atoms with Crippen molar-refractivity contribution in [3.63, 3.8) is 0 Å². The summed E-state index contributed by atoms with van der Waals surface area (Å²) < 4.78 is 10.1. The molecule has 0 aliphatic carbocycles. The Bertz CT molecular complexity index is 3150. The lowest BCUT2D eigenvalue weighted by atomic mass is 10.0. The van der Waals surface area contributed by atoms with Gasteiger partial charge in [0.25, 0.3) is 0 Å². The van der Waals surface area contributed by atoms with Gasteiger partial charge in [-0.3, -0.25) is 4.57 Å². The summed E-state index contributed by atoms with van der Waals surface area (Å²) in [4.78, 5) is 20.5. The maximum atomic E-state index is 6.85. The summed E-state index contributed by atoms with van der Waals surface area (Å²) in [6, 6.07) is 56.3. The van der Waals surface area contributed by atoms with Gasteiger partial charge in [0.2, 0.25) is 5.95 Å². The number of benzene rings is 7. The molecule has 6 nitrogen and oxygen atoms in total. The minimum absolute atomic E-state index is 0.534. The number of hydrogen-bond donors (Lipinski definition) is 0. The SMILES string of the molecule is c1ccc(-c2ccc3c(c2)c2ccccc2n3-c2nc(-c3ccccc3)nc(-c3cccc4c3oc3c(-c5nc6ccccc6s5)cccc34)n2)cc1. The lowest BCUT2D eigenvalue weighted by molar-refractivity contribution is 0.670. The summed E-state index contributed by atoms with van der Waals surface area (Å²) in [6.45, 7) is 0. The van der Waals surface area contributed by atoms with Gasteiger partial charge in [0.15, 0.2) is 11.6 Å². The molecule has 0 saturated carbocycles. The minimum Gasteiger partial charge on any atom is -0.455 e. The highest BCUT2D eigenvalue weighted by molar-refractivity contribution is 7.21. The van der Waals surface area contributed by atoms with E-state index >= 15 is 0 Å². The third-order valence-corrected chi connectivity index (χ3v) is 11.0. The van der Waals surface area contributed by atoms with Crippen LogP contribution in [0.1, 0.15) is 0 Å². The molecule has 248 valence electrons. The molecule has 53 heavy (non-hydrogen) atoms. The Balaban J connectivity index is 1.15. The van der Waals surface area contributed by atoms with Crippen LogP contribution < -0.4 is 0 Å². The van der Waals surface area contributed by atoms with Gasteiger partial charge in [-0.05, 0) is 53.6 Å². The molecule has 11 aromatic rings. The van der Waals surface area contributed by atoms with Gasteiger partial charge in [-0.1, -0.05) is 121 Å². The van der Waals surface area contributed by atoms with Crippen LogP contribution in [0.15, 0.2) is 168 Å². The van der Waals surface area contributed by atoms with E-state index in [0.717, 1.165) is 81.2 Å². The molecule has 0 fully saturated rings. The first-order chi connectivity index (χ1) is 26.3. The van der Waals surface area contributed by atoms with Crippen molar-refractivity contribution in [2.24, 2.45) is 0 Å². The highest BCUT2D eigenvalue weighted by Gasteiger charge is 2.22. The second-order valence-electron chi connectivity index (χ2n) is 13.1. The summed E-state index contributed by atoms with van der Waals surface area (Å²) in [5.41, 5.74) is 9.53. The van der Waals surface area contributed by atoms with Gasteiger partial charge in [0.05, 0.1) is 32.4 Å². The molecule has 0 aliphatic heterocycles. The first-order valence-electron chi connectivity index (χ1n) is 17.5. The zero-order chi connectivity index (χ0) is 34.9. The Morgan fingerprint density at radius 2 is 1.08 bits per heavy atom. The molecule has 0 N–H and O–H groups in total. The van der Waals surface area contributed by atoms with E-state index < -0.39 is 0 Å². The Hall–Kier alpha value is -6.96. The number of nitrogens with zero attached hydrogens (tertiary/aromatic N) is 5. The third kappa shape index (κ3) is 4.79. The third-order valence-electron chi connectivity index (χ3n) is 9.92. The highest BCUT2D eigenvalue weighted by Crippen LogP contribution is 2.42. The van der Waals surface area contributed by atoms with Crippen LogP contribution in [0, 0.1) is 0 Å². The summed E-state index contributed by atoms with van der Waals surface area (Å²) in [7, 11) is 0. The van der Waals surface area contributed by atoms with Gasteiger partial charge in [-0.25, -0.2) is 9.97 Å². The molecule has 0 atom stereocenters. The second kappa shape index (κ2) is 11.8. The van der Waals surface area contributed by atoms with Crippen LogP contribution in [0.3, 0.4) is 0 Å². The van der Waals surface area contributed by atoms with Crippen molar-refractivity contribution in [2.45, 2.75) is 0 Å². The van der Waals surface area contributed by atoms with Gasteiger partial charge >= 0.3 is 0 Å². The minimum atomic E-state index is 0.534. The van der Waals surface area contributed by atoms with E-state index in [9.17, 15) is 0 Å². The smallest absolute Gasteiger partial charge is 0.238 e. The Kier molecular flexibility index (Phi) is 6.62. The van der Waals surface area contributed by atoms with Crippen LogP contribution in [0.5, 0.6) is 0 Å². The summed E-state index contributed by atoms with van der Waals surface area (Å²) in [5.74, 6) is 1.66. The van der Waals surface area contributed by atoms with Crippen molar-refractivity contribution in [1.82, 2.24) is 24.5 Å². The Morgan fingerprint density at radius 1 is 0.434 bits per heavy atom. The fourth-order valence-electron chi connectivity index (χ4n) is 7.45. The summed E-state index contributed by atoms with van der Waals surface area (Å²) in [6.07, 6.45) is 0. The maximum Gasteiger partial charge on any atom is 0.238 e. The monoisotopic (exact) mass is 697 g/mol. The van der Waals surface area contributed by atoms with Gasteiger partial charge in [-0.15, -0.1) is 11.3 Å². The number of para-hydroxylation sites is 4. The molecule has 4 aromatic heterocycles. The van der Waals surface area contributed by atoms with Crippen molar-refractivity contribution in [1.29, 1.82) is 0 Å². The molecule has 7 aromatic carbocycles. The van der Waals surface area contributed by atoms with Crippen molar-refractivity contribution < 1.29 is 4.42 Å². The van der Waals surface area contributed by atoms with E-state index in [1.54, 1.807) is 11.3 Å². The van der Waals surface area contributed by atoms with E-state index in [0.29, 0.717) is 17.6 Å². The van der Waals surface area contributed by atoms with E-state index in [4.69, 9.17) is 24.4 Å². The molecule has 0 amide bonds. The Labute approximate surface area is 307 Å². The van der Waals surface area contributed by atoms with Gasteiger partial charge in [-0.2, -0.15) is 9.97 Å². The molecule has 11 rings (SSSR count). The second-order valence-corrected chi connectivity index (χ2v) is 14.1. The molecule has 4 heterocycles. The molecule has 0 saturated heterocycles. The summed E-state index contributed by atoms with van der Waals surface area (Å²) in [5, 5.41) is 5.20. The molecular weight excluding hydrogens is 671 g/mol. The standard InChI is InChI=1S/C46H27N5OS/c1-3-13-28(14-4-1)30-25-26-39-36(27-30)31-17-7-9-23-38(31)51(39)46-49-43(29-15-5-2-6-16-29)48-44(50-46)34-20-11-18-32-33-19-12-21-35(42(33)52-41(32)34)45-47-37-22-8-10-24-40(37)53-45/h1-27H. The molecule has 0 unspecified atom stereocenters. The first kappa shape index (κ1) is 29.7. The van der Waals surface area contributed by atoms with E-state index in [1.807, 2.05) is 66.7 Å². The van der Waals surface area contributed by atoms with Gasteiger partial charge in [0.1, 0.15) is 16.2 Å². The van der Waals surface area contributed by atoms with E-state index in [1.165, 1.54) is 5.56 Å². The Morgan fingerprint density at radius 3 is 1.89 bits per heavy atom. The number of furan rings is 1. The van der Waals surface area contributed by atoms with E-state index in [-0.39, 0.29) is 0 Å². The van der Waals surface area contributed by atoms with Crippen LogP contribution in [0.4, 0.5) is 0 Å². The zero-order valence-electron chi connectivity index (χ0n) is 28.1.